The predicted octanol–water partition coefficient (Wildman–Crippen LogP) is 5.68. The quantitative estimate of drug-likeness (QED) is 0.403. The van der Waals surface area contributed by atoms with Crippen molar-refractivity contribution in [3.8, 4) is 22.6 Å². The highest BCUT2D eigenvalue weighted by molar-refractivity contribution is 6.11. The summed E-state index contributed by atoms with van der Waals surface area (Å²) in [6, 6.07) is 21.6. The number of carbonyl (C=O) groups is 1. The summed E-state index contributed by atoms with van der Waals surface area (Å²) in [7, 11) is 0. The largest absolute Gasteiger partial charge is 0.455 e. The van der Waals surface area contributed by atoms with Crippen LogP contribution in [0.15, 0.2) is 99.0 Å². The van der Waals surface area contributed by atoms with Crippen LogP contribution in [0.5, 0.6) is 0 Å². The van der Waals surface area contributed by atoms with Gasteiger partial charge < -0.3 is 14.2 Å². The maximum atomic E-state index is 13.1. The second-order valence-corrected chi connectivity index (χ2v) is 7.33. The number of hydrogen-bond donors (Lipinski definition) is 1. The minimum absolute atomic E-state index is 0.156. The van der Waals surface area contributed by atoms with E-state index in [0.29, 0.717) is 28.2 Å². The van der Waals surface area contributed by atoms with Crippen molar-refractivity contribution in [2.45, 2.75) is 6.92 Å². The molecule has 5 aromatic rings. The fraction of sp³-hybridized carbons (Fsp3) is 0.0385. The van der Waals surface area contributed by atoms with E-state index < -0.39 is 0 Å². The van der Waals surface area contributed by atoms with Crippen LogP contribution >= 0.6 is 0 Å². The maximum Gasteiger partial charge on any atom is 0.259 e. The molecule has 32 heavy (non-hydrogen) atoms. The second kappa shape index (κ2) is 8.00. The Morgan fingerprint density at radius 1 is 0.906 bits per heavy atom. The van der Waals surface area contributed by atoms with Gasteiger partial charge in [0, 0.05) is 22.4 Å². The van der Waals surface area contributed by atoms with Gasteiger partial charge in [0.15, 0.2) is 23.2 Å². The topological polar surface area (TPSA) is 85.3 Å². The maximum absolute atomic E-state index is 13.1. The van der Waals surface area contributed by atoms with Crippen molar-refractivity contribution < 1.29 is 13.6 Å². The van der Waals surface area contributed by atoms with Crippen LogP contribution < -0.4 is 10.7 Å². The number of oxazole rings is 1. The smallest absolute Gasteiger partial charge is 0.259 e. The molecule has 1 N–H and O–H groups in total. The number of nitrogens with zero attached hydrogens (tertiary/aromatic N) is 1. The van der Waals surface area contributed by atoms with Crippen molar-refractivity contribution in [2.24, 2.45) is 0 Å². The Morgan fingerprint density at radius 2 is 1.69 bits per heavy atom. The molecule has 0 bridgehead atoms. The van der Waals surface area contributed by atoms with Gasteiger partial charge in [-0.3, -0.25) is 9.59 Å². The van der Waals surface area contributed by atoms with Gasteiger partial charge in [0.05, 0.1) is 17.1 Å². The zero-order chi connectivity index (χ0) is 22.1. The molecule has 0 aliphatic heterocycles. The van der Waals surface area contributed by atoms with Gasteiger partial charge in [-0.1, -0.05) is 36.4 Å². The Bertz CT molecular complexity index is 1470. The fourth-order valence-electron chi connectivity index (χ4n) is 3.63. The third-order valence-corrected chi connectivity index (χ3v) is 5.29. The molecule has 0 atom stereocenters. The molecule has 6 nitrogen and oxygen atoms in total. The number of aromatic nitrogens is 1. The van der Waals surface area contributed by atoms with Crippen LogP contribution in [0, 0.1) is 6.92 Å². The highest BCUT2D eigenvalue weighted by atomic mass is 16.3. The van der Waals surface area contributed by atoms with E-state index in [-0.39, 0.29) is 22.5 Å². The number of nitrogens with one attached hydrogen (secondary N) is 1. The first-order valence-electron chi connectivity index (χ1n) is 10.0. The number of amides is 1. The molecule has 0 spiro atoms. The van der Waals surface area contributed by atoms with Crippen molar-refractivity contribution in [3.63, 3.8) is 0 Å². The first kappa shape index (κ1) is 19.5. The Labute approximate surface area is 183 Å². The summed E-state index contributed by atoms with van der Waals surface area (Å²) < 4.78 is 11.4. The van der Waals surface area contributed by atoms with E-state index in [1.54, 1.807) is 43.5 Å². The van der Waals surface area contributed by atoms with E-state index in [1.807, 2.05) is 42.5 Å². The lowest BCUT2D eigenvalue weighted by Crippen LogP contribution is -2.15. The highest BCUT2D eigenvalue weighted by Crippen LogP contribution is 2.28. The van der Waals surface area contributed by atoms with Crippen molar-refractivity contribution in [2.75, 3.05) is 5.32 Å². The SMILES string of the molecule is Cc1c(-c2ccccc2)oc2c(C(=O)Nc3ccc(-c4cnco4)cc3)cccc2c1=O. The van der Waals surface area contributed by atoms with Crippen molar-refractivity contribution >= 4 is 22.6 Å². The van der Waals surface area contributed by atoms with E-state index in [1.165, 1.54) is 6.39 Å². The lowest BCUT2D eigenvalue weighted by atomic mass is 10.0. The van der Waals surface area contributed by atoms with E-state index in [0.717, 1.165) is 11.1 Å². The summed E-state index contributed by atoms with van der Waals surface area (Å²) in [5.41, 5.74) is 3.13. The molecule has 2 heterocycles. The Balaban J connectivity index is 1.53. The average molecular weight is 422 g/mol. The monoisotopic (exact) mass is 422 g/mol. The second-order valence-electron chi connectivity index (χ2n) is 7.33. The van der Waals surface area contributed by atoms with Crippen LogP contribution in [0.25, 0.3) is 33.6 Å². The number of rotatable bonds is 4. The molecule has 0 fully saturated rings. The van der Waals surface area contributed by atoms with E-state index in [4.69, 9.17) is 8.83 Å². The van der Waals surface area contributed by atoms with E-state index in [2.05, 4.69) is 10.3 Å². The lowest BCUT2D eigenvalue weighted by molar-refractivity contribution is 0.102. The van der Waals surface area contributed by atoms with Crippen LogP contribution in [0.2, 0.25) is 0 Å². The van der Waals surface area contributed by atoms with Gasteiger partial charge in [-0.25, -0.2) is 4.98 Å². The molecule has 2 aromatic heterocycles. The van der Waals surface area contributed by atoms with Gasteiger partial charge in [0.1, 0.15) is 5.76 Å². The predicted molar refractivity (Wildman–Crippen MR) is 123 cm³/mol. The van der Waals surface area contributed by atoms with Gasteiger partial charge in [-0.05, 0) is 43.3 Å². The number of benzene rings is 3. The number of hydrogen-bond acceptors (Lipinski definition) is 5. The van der Waals surface area contributed by atoms with Crippen LogP contribution in [0.4, 0.5) is 5.69 Å². The van der Waals surface area contributed by atoms with E-state index in [9.17, 15) is 9.59 Å². The number of para-hydroxylation sites is 1. The van der Waals surface area contributed by atoms with Crippen molar-refractivity contribution in [1.29, 1.82) is 0 Å². The van der Waals surface area contributed by atoms with Crippen LogP contribution in [0.1, 0.15) is 15.9 Å². The van der Waals surface area contributed by atoms with Crippen LogP contribution in [-0.2, 0) is 0 Å². The first-order chi connectivity index (χ1) is 15.6. The Kier molecular flexibility index (Phi) is 4.88. The molecule has 1 amide bonds. The van der Waals surface area contributed by atoms with E-state index >= 15 is 0 Å². The summed E-state index contributed by atoms with van der Waals surface area (Å²) in [5.74, 6) is 0.733. The molecule has 5 rings (SSSR count). The minimum atomic E-state index is -0.367. The standard InChI is InChI=1S/C26H18N2O4/c1-16-23(29)20-8-5-9-21(25(20)32-24(16)18-6-3-2-4-7-18)26(30)28-19-12-10-17(11-13-19)22-14-27-15-31-22/h2-15H,1H3,(H,28,30). The van der Waals surface area contributed by atoms with Crippen LogP contribution in [-0.4, -0.2) is 10.9 Å². The fourth-order valence-corrected chi connectivity index (χ4v) is 3.63. The number of anilines is 1. The highest BCUT2D eigenvalue weighted by Gasteiger charge is 2.18. The van der Waals surface area contributed by atoms with Gasteiger partial charge in [0.2, 0.25) is 0 Å². The normalized spacial score (nSPS) is 10.9. The van der Waals surface area contributed by atoms with Gasteiger partial charge in [-0.15, -0.1) is 0 Å². The van der Waals surface area contributed by atoms with Crippen molar-refractivity contribution in [1.82, 2.24) is 4.98 Å². The summed E-state index contributed by atoms with van der Waals surface area (Å²) in [5, 5.41) is 3.24. The number of carbonyl (C=O) groups excluding carboxylic acids is 1. The van der Waals surface area contributed by atoms with Gasteiger partial charge in [-0.2, -0.15) is 0 Å². The Morgan fingerprint density at radius 3 is 2.41 bits per heavy atom. The molecule has 0 saturated heterocycles. The number of fused-ring (bicyclic) bond motifs is 1. The summed E-state index contributed by atoms with van der Waals surface area (Å²) in [4.78, 5) is 30.0. The molecule has 6 heteroatoms. The molecule has 156 valence electrons. The molecular weight excluding hydrogens is 404 g/mol. The molecular formula is C26H18N2O4. The van der Waals surface area contributed by atoms with Gasteiger partial charge >= 0.3 is 0 Å². The molecule has 0 saturated carbocycles. The van der Waals surface area contributed by atoms with Crippen molar-refractivity contribution in [3.05, 3.63) is 107 Å². The van der Waals surface area contributed by atoms with Crippen LogP contribution in [0.3, 0.4) is 0 Å². The zero-order valence-electron chi connectivity index (χ0n) is 17.2. The van der Waals surface area contributed by atoms with Gasteiger partial charge in [0.25, 0.3) is 5.91 Å². The molecule has 3 aromatic carbocycles. The summed E-state index contributed by atoms with van der Waals surface area (Å²) >= 11 is 0. The Hall–Kier alpha value is -4.45. The summed E-state index contributed by atoms with van der Waals surface area (Å²) in [6.45, 7) is 1.73. The lowest BCUT2D eigenvalue weighted by Gasteiger charge is -2.11. The molecule has 0 aliphatic carbocycles. The molecule has 0 radical (unpaired) electrons. The summed E-state index contributed by atoms with van der Waals surface area (Å²) in [6.07, 6.45) is 2.99. The third-order valence-electron chi connectivity index (χ3n) is 5.29. The first-order valence-corrected chi connectivity index (χ1v) is 10.0. The molecule has 0 unspecified atom stereocenters. The zero-order valence-corrected chi connectivity index (χ0v) is 17.2. The molecule has 0 aliphatic rings. The third kappa shape index (κ3) is 3.48. The minimum Gasteiger partial charge on any atom is -0.455 e. The average Bonchev–Trinajstić information content (AvgIpc) is 3.37.